The topological polar surface area (TPSA) is 170 Å². The third-order valence-corrected chi connectivity index (χ3v) is 5.79. The Bertz CT molecular complexity index is 1390. The molecule has 39 heavy (non-hydrogen) atoms. The van der Waals surface area contributed by atoms with Gasteiger partial charge in [0.25, 0.3) is 11.5 Å². The molecular formula is C23H22F6N6O4. The van der Waals surface area contributed by atoms with Gasteiger partial charge in [-0.2, -0.15) is 31.4 Å². The van der Waals surface area contributed by atoms with Gasteiger partial charge in [-0.05, 0) is 37.3 Å². The van der Waals surface area contributed by atoms with E-state index < -0.39 is 35.4 Å². The smallest absolute Gasteiger partial charge is 0.475 e. The van der Waals surface area contributed by atoms with Gasteiger partial charge in [0.15, 0.2) is 0 Å². The zero-order valence-corrected chi connectivity index (χ0v) is 20.1. The number of rotatable bonds is 6. The number of primary amides is 1. The molecule has 0 saturated heterocycles. The molecule has 1 unspecified atom stereocenters. The van der Waals surface area contributed by atoms with Crippen LogP contribution in [0, 0.1) is 12.8 Å². The van der Waals surface area contributed by atoms with E-state index in [1.807, 2.05) is 0 Å². The fourth-order valence-corrected chi connectivity index (χ4v) is 3.46. The summed E-state index contributed by atoms with van der Waals surface area (Å²) in [6.07, 6.45) is -3.35. The SMILES string of the molecule is Cc1ccc(C(O)(C(N)=O)C(F)(F)F)cc1-c1cnc(N)c(-c2cnn(CC3CC3)c2)n1.O=C(O)C(F)(F)F. The lowest BCUT2D eigenvalue weighted by Crippen LogP contribution is -2.52. The number of aryl methyl sites for hydroxylation is 1. The number of aliphatic hydroxyl groups is 1. The number of aromatic nitrogens is 4. The highest BCUT2D eigenvalue weighted by Gasteiger charge is 2.60. The van der Waals surface area contributed by atoms with Crippen molar-refractivity contribution >= 4 is 17.7 Å². The average molecular weight is 560 g/mol. The first kappa shape index (κ1) is 29.3. The maximum absolute atomic E-state index is 13.5. The van der Waals surface area contributed by atoms with Crippen LogP contribution in [0.15, 0.2) is 36.8 Å². The zero-order valence-electron chi connectivity index (χ0n) is 20.1. The number of nitrogens with zero attached hydrogens (tertiary/aromatic N) is 4. The Hall–Kier alpha value is -4.21. The number of nitrogen functional groups attached to an aromatic ring is 1. The van der Waals surface area contributed by atoms with E-state index in [-0.39, 0.29) is 17.1 Å². The maximum atomic E-state index is 13.5. The number of alkyl halides is 6. The van der Waals surface area contributed by atoms with Gasteiger partial charge in [0.1, 0.15) is 11.5 Å². The standard InChI is InChI=1S/C21H21F3N6O2.C2HF3O2/c1-11-2-5-14(20(32,19(26)31)21(22,23)24)6-15(11)16-8-27-18(25)17(29-16)13-7-28-30(10-13)9-12-3-4-12;3-2(4,5)1(6)7/h2,5-8,10,12,32H,3-4,9H2,1H3,(H2,25,27)(H2,26,31);(H,6,7). The molecule has 210 valence electrons. The Labute approximate surface area is 216 Å². The Morgan fingerprint density at radius 1 is 1.13 bits per heavy atom. The van der Waals surface area contributed by atoms with Crippen LogP contribution in [0.5, 0.6) is 0 Å². The third-order valence-electron chi connectivity index (χ3n) is 5.79. The van der Waals surface area contributed by atoms with Gasteiger partial charge in [0, 0.05) is 29.4 Å². The highest BCUT2D eigenvalue weighted by molar-refractivity contribution is 5.86. The summed E-state index contributed by atoms with van der Waals surface area (Å²) in [5.41, 5.74) is 8.32. The second kappa shape index (κ2) is 10.5. The first-order valence-electron chi connectivity index (χ1n) is 11.1. The number of aliphatic carboxylic acids is 1. The number of carbonyl (C=O) groups is 2. The van der Waals surface area contributed by atoms with Crippen molar-refractivity contribution in [1.82, 2.24) is 19.7 Å². The van der Waals surface area contributed by atoms with Crippen LogP contribution < -0.4 is 11.5 Å². The molecule has 1 aliphatic rings. The van der Waals surface area contributed by atoms with Gasteiger partial charge in [0.2, 0.25) is 0 Å². The number of carboxylic acid groups (broad SMARTS) is 1. The van der Waals surface area contributed by atoms with Crippen molar-refractivity contribution in [1.29, 1.82) is 0 Å². The first-order chi connectivity index (χ1) is 17.9. The van der Waals surface area contributed by atoms with Crippen molar-refractivity contribution in [2.45, 2.75) is 44.3 Å². The normalized spacial score (nSPS) is 15.2. The molecule has 1 saturated carbocycles. The Balaban J connectivity index is 0.000000532. The van der Waals surface area contributed by atoms with Crippen molar-refractivity contribution in [3.63, 3.8) is 0 Å². The van der Waals surface area contributed by atoms with E-state index in [1.165, 1.54) is 12.3 Å². The number of benzene rings is 1. The Kier molecular flexibility index (Phi) is 7.91. The van der Waals surface area contributed by atoms with Crippen LogP contribution in [0.3, 0.4) is 0 Å². The minimum atomic E-state index is -5.31. The molecule has 0 bridgehead atoms. The summed E-state index contributed by atoms with van der Waals surface area (Å²) >= 11 is 0. The predicted octanol–water partition coefficient (Wildman–Crippen LogP) is 3.18. The molecule has 3 aromatic rings. The van der Waals surface area contributed by atoms with Crippen molar-refractivity contribution in [2.75, 3.05) is 5.73 Å². The van der Waals surface area contributed by atoms with E-state index in [4.69, 9.17) is 21.4 Å². The predicted molar refractivity (Wildman–Crippen MR) is 123 cm³/mol. The fourth-order valence-electron chi connectivity index (χ4n) is 3.46. The van der Waals surface area contributed by atoms with Crippen molar-refractivity contribution in [3.05, 3.63) is 47.9 Å². The lowest BCUT2D eigenvalue weighted by molar-refractivity contribution is -0.255. The molecule has 1 aromatic carbocycles. The molecule has 1 fully saturated rings. The van der Waals surface area contributed by atoms with Crippen LogP contribution in [0.4, 0.5) is 32.2 Å². The number of carboxylic acids is 1. The van der Waals surface area contributed by atoms with Gasteiger partial charge >= 0.3 is 18.3 Å². The molecule has 1 aliphatic carbocycles. The van der Waals surface area contributed by atoms with Crippen LogP contribution in [0.2, 0.25) is 0 Å². The highest BCUT2D eigenvalue weighted by atomic mass is 19.4. The van der Waals surface area contributed by atoms with Crippen LogP contribution >= 0.6 is 0 Å². The highest BCUT2D eigenvalue weighted by Crippen LogP contribution is 2.40. The number of carbonyl (C=O) groups excluding carboxylic acids is 1. The van der Waals surface area contributed by atoms with Gasteiger partial charge in [-0.1, -0.05) is 12.1 Å². The lowest BCUT2D eigenvalue weighted by Gasteiger charge is -2.28. The van der Waals surface area contributed by atoms with E-state index in [2.05, 4.69) is 15.1 Å². The number of anilines is 1. The lowest BCUT2D eigenvalue weighted by atomic mass is 9.89. The van der Waals surface area contributed by atoms with E-state index >= 15 is 0 Å². The van der Waals surface area contributed by atoms with Gasteiger partial charge < -0.3 is 21.7 Å². The number of hydrogen-bond acceptors (Lipinski definition) is 7. The molecule has 2 heterocycles. The molecular weight excluding hydrogens is 538 g/mol. The average Bonchev–Trinajstić information content (AvgIpc) is 3.52. The molecule has 0 radical (unpaired) electrons. The molecule has 10 nitrogen and oxygen atoms in total. The number of nitrogens with two attached hydrogens (primary N) is 2. The molecule has 1 atom stereocenters. The first-order valence-corrected chi connectivity index (χ1v) is 11.1. The minimum absolute atomic E-state index is 0.137. The monoisotopic (exact) mass is 560 g/mol. The number of hydrogen-bond donors (Lipinski definition) is 4. The molecule has 4 rings (SSSR count). The summed E-state index contributed by atoms with van der Waals surface area (Å²) in [5, 5.41) is 21.6. The second-order valence-electron chi connectivity index (χ2n) is 8.79. The largest absolute Gasteiger partial charge is 0.490 e. The van der Waals surface area contributed by atoms with Crippen LogP contribution in [0.25, 0.3) is 22.5 Å². The Morgan fingerprint density at radius 2 is 1.74 bits per heavy atom. The van der Waals surface area contributed by atoms with Crippen LogP contribution in [-0.2, 0) is 21.7 Å². The molecule has 0 spiro atoms. The fraction of sp³-hybridized carbons (Fsp3) is 0.348. The van der Waals surface area contributed by atoms with E-state index in [1.54, 1.807) is 24.0 Å². The van der Waals surface area contributed by atoms with Crippen molar-refractivity contribution in [3.8, 4) is 22.5 Å². The maximum Gasteiger partial charge on any atom is 0.490 e. The van der Waals surface area contributed by atoms with Crippen LogP contribution in [-0.4, -0.2) is 54.2 Å². The molecule has 6 N–H and O–H groups in total. The zero-order chi connectivity index (χ0) is 29.3. The Morgan fingerprint density at radius 3 is 2.26 bits per heavy atom. The summed E-state index contributed by atoms with van der Waals surface area (Å²) < 4.78 is 74.0. The third kappa shape index (κ3) is 6.45. The van der Waals surface area contributed by atoms with Gasteiger partial charge in [-0.25, -0.2) is 14.8 Å². The molecule has 2 aromatic heterocycles. The van der Waals surface area contributed by atoms with Crippen LogP contribution in [0.1, 0.15) is 24.0 Å². The van der Waals surface area contributed by atoms with Gasteiger partial charge in [0.05, 0.1) is 18.1 Å². The second-order valence-corrected chi connectivity index (χ2v) is 8.79. The quantitative estimate of drug-likeness (QED) is 0.333. The number of amides is 1. The summed E-state index contributed by atoms with van der Waals surface area (Å²) in [5.74, 6) is -3.93. The van der Waals surface area contributed by atoms with Gasteiger partial charge in [-0.15, -0.1) is 0 Å². The summed E-state index contributed by atoms with van der Waals surface area (Å²) in [4.78, 5) is 29.1. The molecule has 1 amide bonds. The van der Waals surface area contributed by atoms with E-state index in [0.717, 1.165) is 31.5 Å². The van der Waals surface area contributed by atoms with E-state index in [0.29, 0.717) is 22.7 Å². The van der Waals surface area contributed by atoms with Gasteiger partial charge in [-0.3, -0.25) is 9.48 Å². The summed E-state index contributed by atoms with van der Waals surface area (Å²) in [6, 6.07) is 3.38. The number of halogens is 6. The summed E-state index contributed by atoms with van der Waals surface area (Å²) in [7, 11) is 0. The van der Waals surface area contributed by atoms with E-state index in [9.17, 15) is 36.2 Å². The minimum Gasteiger partial charge on any atom is -0.475 e. The van der Waals surface area contributed by atoms with Crippen molar-refractivity contribution < 1.29 is 46.1 Å². The molecule has 0 aliphatic heterocycles. The molecule has 16 heteroatoms. The summed E-state index contributed by atoms with van der Waals surface area (Å²) in [6.45, 7) is 2.44. The van der Waals surface area contributed by atoms with Crippen molar-refractivity contribution in [2.24, 2.45) is 11.7 Å².